The van der Waals surface area contributed by atoms with Crippen LogP contribution < -0.4 is 20.1 Å². The fourth-order valence-electron chi connectivity index (χ4n) is 1.82. The molecule has 0 saturated heterocycles. The summed E-state index contributed by atoms with van der Waals surface area (Å²) < 4.78 is 11.6. The molecule has 7 heteroatoms. The lowest BCUT2D eigenvalue weighted by Crippen LogP contribution is -2.39. The number of rotatable bonds is 7. The van der Waals surface area contributed by atoms with Crippen LogP contribution in [0.25, 0.3) is 0 Å². The molecule has 0 aliphatic heterocycles. The van der Waals surface area contributed by atoms with Crippen LogP contribution in [0.3, 0.4) is 0 Å². The Labute approximate surface area is 164 Å². The summed E-state index contributed by atoms with van der Waals surface area (Å²) in [7, 11) is 3.26. The molecule has 132 valence electrons. The van der Waals surface area contributed by atoms with Crippen LogP contribution in [0.1, 0.15) is 26.3 Å². The van der Waals surface area contributed by atoms with E-state index in [-0.39, 0.29) is 24.0 Å². The number of hydrogen-bond donors (Lipinski definition) is 2. The van der Waals surface area contributed by atoms with Crippen LogP contribution in [0.5, 0.6) is 11.5 Å². The molecule has 23 heavy (non-hydrogen) atoms. The van der Waals surface area contributed by atoms with Crippen molar-refractivity contribution in [2.24, 2.45) is 10.9 Å². The van der Waals surface area contributed by atoms with Gasteiger partial charge in [-0.2, -0.15) is 0 Å². The quantitative estimate of drug-likeness (QED) is 0.340. The molecule has 1 rings (SSSR count). The van der Waals surface area contributed by atoms with Gasteiger partial charge in [0.25, 0.3) is 0 Å². The van der Waals surface area contributed by atoms with E-state index in [4.69, 9.17) is 9.47 Å². The third-order valence-electron chi connectivity index (χ3n) is 2.98. The standard InChI is InChI=1S/C16H26BrN3O2.HI/c1-6-18-16(19-9-11(2)3)20-10-12-7-14(21-4)15(22-5)8-13(12)17;/h7-8,11H,6,9-10H2,1-5H3,(H2,18,19,20);1H. The number of guanidine groups is 1. The number of aliphatic imine (C=N–C) groups is 1. The van der Waals surface area contributed by atoms with Crippen LogP contribution in [0.2, 0.25) is 0 Å². The first-order valence-corrected chi connectivity index (χ1v) is 8.23. The normalized spacial score (nSPS) is 11.0. The van der Waals surface area contributed by atoms with E-state index < -0.39 is 0 Å². The molecule has 0 spiro atoms. The third-order valence-corrected chi connectivity index (χ3v) is 3.72. The maximum Gasteiger partial charge on any atom is 0.191 e. The van der Waals surface area contributed by atoms with Gasteiger partial charge in [-0.05, 0) is 30.5 Å². The SMILES string of the molecule is CCNC(=NCc1cc(OC)c(OC)cc1Br)NCC(C)C.I. The largest absolute Gasteiger partial charge is 0.493 e. The Balaban J connectivity index is 0.00000484. The zero-order valence-corrected chi connectivity index (χ0v) is 18.3. The average molecular weight is 500 g/mol. The average Bonchev–Trinajstić information content (AvgIpc) is 2.50. The number of hydrogen-bond acceptors (Lipinski definition) is 3. The number of methoxy groups -OCH3 is 2. The zero-order chi connectivity index (χ0) is 16.5. The minimum absolute atomic E-state index is 0. The van der Waals surface area contributed by atoms with Gasteiger partial charge in [0.2, 0.25) is 0 Å². The van der Waals surface area contributed by atoms with E-state index >= 15 is 0 Å². The maximum absolute atomic E-state index is 5.34. The summed E-state index contributed by atoms with van der Waals surface area (Å²) in [5.41, 5.74) is 1.04. The van der Waals surface area contributed by atoms with Crippen molar-refractivity contribution in [2.75, 3.05) is 27.3 Å². The van der Waals surface area contributed by atoms with Gasteiger partial charge in [-0.15, -0.1) is 24.0 Å². The summed E-state index contributed by atoms with van der Waals surface area (Å²) in [5, 5.41) is 6.58. The number of benzene rings is 1. The minimum Gasteiger partial charge on any atom is -0.493 e. The van der Waals surface area contributed by atoms with E-state index in [1.54, 1.807) is 14.2 Å². The molecule has 0 atom stereocenters. The van der Waals surface area contributed by atoms with Crippen molar-refractivity contribution in [3.05, 3.63) is 22.2 Å². The summed E-state index contributed by atoms with van der Waals surface area (Å²) in [4.78, 5) is 4.62. The third kappa shape index (κ3) is 7.60. The number of nitrogens with zero attached hydrogens (tertiary/aromatic N) is 1. The van der Waals surface area contributed by atoms with E-state index in [0.717, 1.165) is 29.1 Å². The maximum atomic E-state index is 5.34. The van der Waals surface area contributed by atoms with Crippen molar-refractivity contribution in [2.45, 2.75) is 27.3 Å². The fraction of sp³-hybridized carbons (Fsp3) is 0.562. The Morgan fingerprint density at radius 3 is 2.30 bits per heavy atom. The first-order valence-electron chi connectivity index (χ1n) is 7.44. The molecule has 0 heterocycles. The van der Waals surface area contributed by atoms with E-state index in [2.05, 4.69) is 52.3 Å². The molecule has 0 unspecified atom stereocenters. The first kappa shape index (κ1) is 22.3. The predicted octanol–water partition coefficient (Wildman–Crippen LogP) is 3.80. The smallest absolute Gasteiger partial charge is 0.191 e. The van der Waals surface area contributed by atoms with E-state index in [9.17, 15) is 0 Å². The van der Waals surface area contributed by atoms with Gasteiger partial charge in [0.1, 0.15) is 0 Å². The molecule has 0 aromatic heterocycles. The Bertz CT molecular complexity index is 510. The lowest BCUT2D eigenvalue weighted by atomic mass is 10.2. The number of ether oxygens (including phenoxy) is 2. The summed E-state index contributed by atoms with van der Waals surface area (Å²) in [5.74, 6) is 2.79. The van der Waals surface area contributed by atoms with E-state index in [0.29, 0.717) is 24.0 Å². The lowest BCUT2D eigenvalue weighted by Gasteiger charge is -2.14. The summed E-state index contributed by atoms with van der Waals surface area (Å²) in [6.45, 7) is 8.66. The van der Waals surface area contributed by atoms with Gasteiger partial charge < -0.3 is 20.1 Å². The van der Waals surface area contributed by atoms with Crippen molar-refractivity contribution in [3.63, 3.8) is 0 Å². The highest BCUT2D eigenvalue weighted by atomic mass is 127. The van der Waals surface area contributed by atoms with Crippen LogP contribution in [-0.2, 0) is 6.54 Å². The number of halogens is 2. The highest BCUT2D eigenvalue weighted by Gasteiger charge is 2.09. The molecule has 0 amide bonds. The molecule has 1 aromatic carbocycles. The highest BCUT2D eigenvalue weighted by molar-refractivity contribution is 14.0. The molecule has 0 aliphatic rings. The van der Waals surface area contributed by atoms with Crippen LogP contribution >= 0.6 is 39.9 Å². The summed E-state index contributed by atoms with van der Waals surface area (Å²) >= 11 is 3.56. The molecular formula is C16H27BrIN3O2. The molecule has 2 N–H and O–H groups in total. The topological polar surface area (TPSA) is 54.9 Å². The van der Waals surface area contributed by atoms with Gasteiger partial charge in [-0.25, -0.2) is 4.99 Å². The Morgan fingerprint density at radius 1 is 1.17 bits per heavy atom. The van der Waals surface area contributed by atoms with Gasteiger partial charge in [-0.1, -0.05) is 29.8 Å². The second kappa shape index (κ2) is 11.8. The zero-order valence-electron chi connectivity index (χ0n) is 14.4. The Morgan fingerprint density at radius 2 is 1.78 bits per heavy atom. The molecule has 1 aromatic rings. The van der Waals surface area contributed by atoms with Crippen LogP contribution in [-0.4, -0.2) is 33.3 Å². The first-order chi connectivity index (χ1) is 10.5. The second-order valence-electron chi connectivity index (χ2n) is 5.27. The van der Waals surface area contributed by atoms with Crippen molar-refractivity contribution >= 4 is 45.9 Å². The lowest BCUT2D eigenvalue weighted by molar-refractivity contribution is 0.354. The van der Waals surface area contributed by atoms with E-state index in [1.807, 2.05) is 12.1 Å². The van der Waals surface area contributed by atoms with Gasteiger partial charge in [0.05, 0.1) is 20.8 Å². The summed E-state index contributed by atoms with van der Waals surface area (Å²) in [6, 6.07) is 3.84. The molecule has 0 radical (unpaired) electrons. The molecule has 0 aliphatic carbocycles. The molecule has 0 fully saturated rings. The Kier molecular flexibility index (Phi) is 11.4. The predicted molar refractivity (Wildman–Crippen MR) is 110 cm³/mol. The highest BCUT2D eigenvalue weighted by Crippen LogP contribution is 2.33. The van der Waals surface area contributed by atoms with Crippen molar-refractivity contribution in [1.29, 1.82) is 0 Å². The van der Waals surface area contributed by atoms with Gasteiger partial charge >= 0.3 is 0 Å². The molecule has 0 bridgehead atoms. The van der Waals surface area contributed by atoms with Crippen molar-refractivity contribution in [3.8, 4) is 11.5 Å². The molecule has 5 nitrogen and oxygen atoms in total. The fourth-order valence-corrected chi connectivity index (χ4v) is 2.27. The van der Waals surface area contributed by atoms with Crippen molar-refractivity contribution < 1.29 is 9.47 Å². The number of nitrogens with one attached hydrogen (secondary N) is 2. The van der Waals surface area contributed by atoms with Crippen LogP contribution in [0.4, 0.5) is 0 Å². The second-order valence-corrected chi connectivity index (χ2v) is 6.12. The molecular weight excluding hydrogens is 473 g/mol. The monoisotopic (exact) mass is 499 g/mol. The Hall–Kier alpha value is -0.700. The van der Waals surface area contributed by atoms with Crippen LogP contribution in [0.15, 0.2) is 21.6 Å². The van der Waals surface area contributed by atoms with Gasteiger partial charge in [0, 0.05) is 17.6 Å². The minimum atomic E-state index is 0. The van der Waals surface area contributed by atoms with Gasteiger partial charge in [0.15, 0.2) is 17.5 Å². The van der Waals surface area contributed by atoms with Gasteiger partial charge in [-0.3, -0.25) is 0 Å². The van der Waals surface area contributed by atoms with E-state index in [1.165, 1.54) is 0 Å². The van der Waals surface area contributed by atoms with Crippen LogP contribution in [0, 0.1) is 5.92 Å². The molecule has 0 saturated carbocycles. The van der Waals surface area contributed by atoms with Crippen molar-refractivity contribution in [1.82, 2.24) is 10.6 Å². The summed E-state index contributed by atoms with van der Waals surface area (Å²) in [6.07, 6.45) is 0.